The van der Waals surface area contributed by atoms with Gasteiger partial charge in [-0.25, -0.2) is 0 Å². The average Bonchev–Trinajstić information content (AvgIpc) is 3.19. The van der Waals surface area contributed by atoms with Crippen molar-refractivity contribution in [1.29, 1.82) is 0 Å². The minimum Gasteiger partial charge on any atom is -0.380 e. The van der Waals surface area contributed by atoms with Gasteiger partial charge in [-0.15, -0.1) is 0 Å². The smallest absolute Gasteiger partial charge is 0.0593 e. The summed E-state index contributed by atoms with van der Waals surface area (Å²) in [7, 11) is 2.11. The van der Waals surface area contributed by atoms with E-state index in [0.717, 1.165) is 32.2 Å². The fraction of sp³-hybridized carbons (Fsp3) is 0.625. The predicted molar refractivity (Wildman–Crippen MR) is 79.1 cm³/mol. The molecule has 106 valence electrons. The molecule has 1 aliphatic carbocycles. The van der Waals surface area contributed by atoms with Crippen LogP contribution in [0, 0.1) is 12.8 Å². The standard InChI is InChI=1S/C16H26N2O/c1-13-3-7-15(8-4-13)16(17)11-18(2)9-10-19-12-14-5-6-14/h3-4,7-8,14,16H,5-6,9-12,17H2,1-2H3. The van der Waals surface area contributed by atoms with E-state index in [2.05, 4.69) is 43.1 Å². The first kappa shape index (κ1) is 14.5. The van der Waals surface area contributed by atoms with Gasteiger partial charge in [0.05, 0.1) is 6.61 Å². The maximum atomic E-state index is 6.23. The second-order valence-corrected chi connectivity index (χ2v) is 5.80. The zero-order valence-electron chi connectivity index (χ0n) is 12.1. The zero-order chi connectivity index (χ0) is 13.7. The second kappa shape index (κ2) is 7.04. The number of ether oxygens (including phenoxy) is 1. The van der Waals surface area contributed by atoms with Crippen molar-refractivity contribution in [2.75, 3.05) is 33.4 Å². The summed E-state index contributed by atoms with van der Waals surface area (Å²) in [6, 6.07) is 8.56. The van der Waals surface area contributed by atoms with E-state index in [4.69, 9.17) is 10.5 Å². The van der Waals surface area contributed by atoms with Crippen molar-refractivity contribution >= 4 is 0 Å². The minimum atomic E-state index is 0.0778. The van der Waals surface area contributed by atoms with Gasteiger partial charge in [0.1, 0.15) is 0 Å². The normalized spacial score (nSPS) is 16.8. The van der Waals surface area contributed by atoms with Crippen LogP contribution in [0.1, 0.15) is 30.0 Å². The van der Waals surface area contributed by atoms with E-state index in [1.165, 1.54) is 24.0 Å². The Morgan fingerprint density at radius 2 is 2.00 bits per heavy atom. The highest BCUT2D eigenvalue weighted by atomic mass is 16.5. The third kappa shape index (κ3) is 5.31. The molecule has 0 radical (unpaired) electrons. The van der Waals surface area contributed by atoms with Crippen molar-refractivity contribution in [2.45, 2.75) is 25.8 Å². The molecule has 3 heteroatoms. The Morgan fingerprint density at radius 1 is 1.32 bits per heavy atom. The van der Waals surface area contributed by atoms with E-state index in [9.17, 15) is 0 Å². The van der Waals surface area contributed by atoms with E-state index in [1.54, 1.807) is 0 Å². The Kier molecular flexibility index (Phi) is 5.37. The second-order valence-electron chi connectivity index (χ2n) is 5.80. The van der Waals surface area contributed by atoms with Gasteiger partial charge >= 0.3 is 0 Å². The summed E-state index contributed by atoms with van der Waals surface area (Å²) < 4.78 is 5.65. The molecule has 0 saturated heterocycles. The number of hydrogen-bond acceptors (Lipinski definition) is 3. The summed E-state index contributed by atoms with van der Waals surface area (Å²) in [4.78, 5) is 2.25. The van der Waals surface area contributed by atoms with Gasteiger partial charge in [0.25, 0.3) is 0 Å². The van der Waals surface area contributed by atoms with Crippen LogP contribution in [0.5, 0.6) is 0 Å². The van der Waals surface area contributed by atoms with Crippen LogP contribution in [0.3, 0.4) is 0 Å². The van der Waals surface area contributed by atoms with E-state index >= 15 is 0 Å². The van der Waals surface area contributed by atoms with Crippen LogP contribution in [-0.4, -0.2) is 38.3 Å². The largest absolute Gasteiger partial charge is 0.380 e. The minimum absolute atomic E-state index is 0.0778. The van der Waals surface area contributed by atoms with Crippen molar-refractivity contribution in [3.8, 4) is 0 Å². The lowest BCUT2D eigenvalue weighted by molar-refractivity contribution is 0.102. The fourth-order valence-corrected chi connectivity index (χ4v) is 2.10. The monoisotopic (exact) mass is 262 g/mol. The Hall–Kier alpha value is -0.900. The van der Waals surface area contributed by atoms with Crippen molar-refractivity contribution in [1.82, 2.24) is 4.90 Å². The molecule has 1 fully saturated rings. The Bertz CT molecular complexity index is 373. The van der Waals surface area contributed by atoms with E-state index in [-0.39, 0.29) is 6.04 Å². The third-order valence-corrected chi connectivity index (χ3v) is 3.68. The Labute approximate surface area is 116 Å². The number of aryl methyl sites for hydroxylation is 1. The molecule has 1 aromatic carbocycles. The molecular formula is C16H26N2O. The summed E-state index contributed by atoms with van der Waals surface area (Å²) >= 11 is 0. The van der Waals surface area contributed by atoms with Gasteiger partial charge in [-0.1, -0.05) is 29.8 Å². The first-order valence-corrected chi connectivity index (χ1v) is 7.23. The number of nitrogens with two attached hydrogens (primary N) is 1. The van der Waals surface area contributed by atoms with E-state index in [0.29, 0.717) is 0 Å². The zero-order valence-corrected chi connectivity index (χ0v) is 12.1. The maximum Gasteiger partial charge on any atom is 0.0593 e. The topological polar surface area (TPSA) is 38.5 Å². The molecule has 0 spiro atoms. The maximum absolute atomic E-state index is 6.23. The molecule has 1 atom stereocenters. The molecule has 0 amide bonds. The number of rotatable bonds is 8. The summed E-state index contributed by atoms with van der Waals surface area (Å²) in [5.41, 5.74) is 8.71. The number of nitrogens with zero attached hydrogens (tertiary/aromatic N) is 1. The molecule has 0 aromatic heterocycles. The molecule has 1 saturated carbocycles. The Balaban J connectivity index is 1.65. The first-order valence-electron chi connectivity index (χ1n) is 7.23. The van der Waals surface area contributed by atoms with Gasteiger partial charge in [0, 0.05) is 25.7 Å². The first-order chi connectivity index (χ1) is 9.15. The highest BCUT2D eigenvalue weighted by Gasteiger charge is 2.21. The van der Waals surface area contributed by atoms with Crippen molar-refractivity contribution in [2.24, 2.45) is 11.7 Å². The molecule has 2 rings (SSSR count). The van der Waals surface area contributed by atoms with Crippen LogP contribution in [0.25, 0.3) is 0 Å². The van der Waals surface area contributed by atoms with Crippen LogP contribution in [0.2, 0.25) is 0 Å². The molecule has 2 N–H and O–H groups in total. The van der Waals surface area contributed by atoms with Crippen molar-refractivity contribution in [3.05, 3.63) is 35.4 Å². The van der Waals surface area contributed by atoms with Gasteiger partial charge in [-0.05, 0) is 38.3 Å². The lowest BCUT2D eigenvalue weighted by Crippen LogP contribution is -2.31. The lowest BCUT2D eigenvalue weighted by atomic mass is 10.1. The SMILES string of the molecule is Cc1ccc(C(N)CN(C)CCOCC2CC2)cc1. The van der Waals surface area contributed by atoms with Gasteiger partial charge in [-0.2, -0.15) is 0 Å². The van der Waals surface area contributed by atoms with Gasteiger partial charge in [-0.3, -0.25) is 0 Å². The quantitative estimate of drug-likeness (QED) is 0.731. The summed E-state index contributed by atoms with van der Waals surface area (Å²) in [6.07, 6.45) is 2.71. The van der Waals surface area contributed by atoms with Crippen LogP contribution in [0.4, 0.5) is 0 Å². The molecule has 1 unspecified atom stereocenters. The predicted octanol–water partition coefficient (Wildman–Crippen LogP) is 2.35. The van der Waals surface area contributed by atoms with Gasteiger partial charge in [0.2, 0.25) is 0 Å². The molecule has 3 nitrogen and oxygen atoms in total. The third-order valence-electron chi connectivity index (χ3n) is 3.68. The van der Waals surface area contributed by atoms with Crippen LogP contribution >= 0.6 is 0 Å². The highest BCUT2D eigenvalue weighted by Crippen LogP contribution is 2.28. The van der Waals surface area contributed by atoms with Gasteiger partial charge in [0.15, 0.2) is 0 Å². The van der Waals surface area contributed by atoms with Crippen LogP contribution < -0.4 is 5.73 Å². The van der Waals surface area contributed by atoms with E-state index in [1.807, 2.05) is 0 Å². The van der Waals surface area contributed by atoms with Crippen LogP contribution in [-0.2, 0) is 4.74 Å². The fourth-order valence-electron chi connectivity index (χ4n) is 2.10. The lowest BCUT2D eigenvalue weighted by Gasteiger charge is -2.21. The molecular weight excluding hydrogens is 236 g/mol. The Morgan fingerprint density at radius 3 is 2.63 bits per heavy atom. The molecule has 0 heterocycles. The number of hydrogen-bond donors (Lipinski definition) is 1. The van der Waals surface area contributed by atoms with Gasteiger partial charge < -0.3 is 15.4 Å². The van der Waals surface area contributed by atoms with E-state index < -0.39 is 0 Å². The molecule has 0 bridgehead atoms. The average molecular weight is 262 g/mol. The summed E-state index contributed by atoms with van der Waals surface area (Å²) in [5.74, 6) is 0.847. The van der Waals surface area contributed by atoms with Crippen LogP contribution in [0.15, 0.2) is 24.3 Å². The van der Waals surface area contributed by atoms with Crippen molar-refractivity contribution in [3.63, 3.8) is 0 Å². The molecule has 19 heavy (non-hydrogen) atoms. The number of benzene rings is 1. The summed E-state index contributed by atoms with van der Waals surface area (Å²) in [6.45, 7) is 5.67. The van der Waals surface area contributed by atoms with Crippen molar-refractivity contribution < 1.29 is 4.74 Å². The summed E-state index contributed by atoms with van der Waals surface area (Å²) in [5, 5.41) is 0. The molecule has 1 aliphatic rings. The molecule has 0 aliphatic heterocycles. The highest BCUT2D eigenvalue weighted by molar-refractivity contribution is 5.24. The molecule has 1 aromatic rings. The number of likely N-dealkylation sites (N-methyl/N-ethyl adjacent to an activating group) is 1.